The molecule has 0 aliphatic heterocycles. The molecule has 7 heteroatoms. The number of hydrogen-bond acceptors (Lipinski definition) is 5. The van der Waals surface area contributed by atoms with Crippen molar-refractivity contribution in [3.63, 3.8) is 0 Å². The van der Waals surface area contributed by atoms with Crippen LogP contribution >= 0.6 is 11.3 Å². The van der Waals surface area contributed by atoms with Gasteiger partial charge in [-0.2, -0.15) is 0 Å². The molecule has 0 aromatic carbocycles. The molecule has 5 nitrogen and oxygen atoms in total. The Morgan fingerprint density at radius 2 is 2.19 bits per heavy atom. The van der Waals surface area contributed by atoms with Crippen molar-refractivity contribution in [1.82, 2.24) is 9.97 Å². The van der Waals surface area contributed by atoms with Crippen LogP contribution in [-0.2, 0) is 10.0 Å². The molecule has 0 amide bonds. The maximum Gasteiger partial charge on any atom is 0.273 e. The fourth-order valence-electron chi connectivity index (χ4n) is 1.08. The Kier molecular flexibility index (Phi) is 2.88. The second kappa shape index (κ2) is 4.18. The number of nitrogens with one attached hydrogen (secondary N) is 1. The van der Waals surface area contributed by atoms with Crippen LogP contribution in [-0.4, -0.2) is 18.4 Å². The Labute approximate surface area is 97.2 Å². The van der Waals surface area contributed by atoms with E-state index in [0.29, 0.717) is 5.69 Å². The van der Waals surface area contributed by atoms with Crippen molar-refractivity contribution in [2.75, 3.05) is 4.72 Å². The molecular formula is C9H9N3O2S2. The number of rotatable bonds is 3. The van der Waals surface area contributed by atoms with Crippen LogP contribution in [0.2, 0.25) is 0 Å². The molecule has 16 heavy (non-hydrogen) atoms. The molecule has 2 aromatic rings. The minimum absolute atomic E-state index is 0.0911. The monoisotopic (exact) mass is 255 g/mol. The van der Waals surface area contributed by atoms with E-state index in [-0.39, 0.29) is 10.2 Å². The van der Waals surface area contributed by atoms with Crippen molar-refractivity contribution in [3.8, 4) is 0 Å². The van der Waals surface area contributed by atoms with Gasteiger partial charge in [0.1, 0.15) is 4.21 Å². The Morgan fingerprint density at radius 1 is 1.38 bits per heavy atom. The Morgan fingerprint density at radius 3 is 2.81 bits per heavy atom. The van der Waals surface area contributed by atoms with Crippen LogP contribution in [0.15, 0.2) is 34.0 Å². The molecule has 0 fully saturated rings. The summed E-state index contributed by atoms with van der Waals surface area (Å²) in [7, 11) is -3.54. The Balaban J connectivity index is 2.29. The highest BCUT2D eigenvalue weighted by atomic mass is 32.2. The summed E-state index contributed by atoms with van der Waals surface area (Å²) in [4.78, 5) is 7.81. The molecule has 0 radical (unpaired) electrons. The van der Waals surface area contributed by atoms with E-state index in [9.17, 15) is 8.42 Å². The molecular weight excluding hydrogens is 246 g/mol. The lowest BCUT2D eigenvalue weighted by atomic mass is 10.5. The summed E-state index contributed by atoms with van der Waals surface area (Å²) in [5.74, 6) is 0.0911. The van der Waals surface area contributed by atoms with Crippen LogP contribution in [0.25, 0.3) is 0 Å². The first-order valence-corrected chi connectivity index (χ1v) is 6.80. The van der Waals surface area contributed by atoms with E-state index in [1.807, 2.05) is 0 Å². The van der Waals surface area contributed by atoms with Crippen molar-refractivity contribution in [2.45, 2.75) is 11.1 Å². The summed E-state index contributed by atoms with van der Waals surface area (Å²) in [6.07, 6.45) is 1.51. The molecule has 0 bridgehead atoms. The third-order valence-corrected chi connectivity index (χ3v) is 4.51. The molecule has 2 rings (SSSR count). The van der Waals surface area contributed by atoms with Crippen molar-refractivity contribution in [2.24, 2.45) is 0 Å². The van der Waals surface area contributed by atoms with Gasteiger partial charge in [0.25, 0.3) is 10.0 Å². The number of nitrogens with zero attached hydrogens (tertiary/aromatic N) is 2. The maximum absolute atomic E-state index is 11.8. The molecule has 0 unspecified atom stereocenters. The smallest absolute Gasteiger partial charge is 0.247 e. The van der Waals surface area contributed by atoms with Gasteiger partial charge >= 0.3 is 0 Å². The van der Waals surface area contributed by atoms with Gasteiger partial charge in [-0.25, -0.2) is 23.1 Å². The summed E-state index contributed by atoms with van der Waals surface area (Å²) in [5.41, 5.74) is 0.707. The first-order valence-electron chi connectivity index (χ1n) is 4.44. The highest BCUT2D eigenvalue weighted by Gasteiger charge is 2.16. The van der Waals surface area contributed by atoms with Crippen LogP contribution in [0.1, 0.15) is 5.69 Å². The van der Waals surface area contributed by atoms with Crippen LogP contribution in [0.3, 0.4) is 0 Å². The largest absolute Gasteiger partial charge is 0.273 e. The predicted molar refractivity (Wildman–Crippen MR) is 61.9 cm³/mol. The molecule has 0 saturated heterocycles. The molecule has 1 N–H and O–H groups in total. The number of aryl methyl sites for hydroxylation is 1. The zero-order valence-electron chi connectivity index (χ0n) is 8.41. The quantitative estimate of drug-likeness (QED) is 0.905. The fourth-order valence-corrected chi connectivity index (χ4v) is 3.03. The standard InChI is InChI=1S/C9H9N3O2S2/c1-7-4-5-10-9(11-7)12-16(13,14)8-3-2-6-15-8/h2-6H,1H3,(H,10,11,12). The Hall–Kier alpha value is -1.47. The second-order valence-electron chi connectivity index (χ2n) is 3.06. The van der Waals surface area contributed by atoms with E-state index in [4.69, 9.17) is 0 Å². The lowest BCUT2D eigenvalue weighted by Gasteiger charge is -2.04. The fraction of sp³-hybridized carbons (Fsp3) is 0.111. The Bertz CT molecular complexity index is 579. The van der Waals surface area contributed by atoms with E-state index in [2.05, 4.69) is 14.7 Å². The van der Waals surface area contributed by atoms with Crippen molar-refractivity contribution in [1.29, 1.82) is 0 Å². The van der Waals surface area contributed by atoms with E-state index in [1.54, 1.807) is 24.4 Å². The average Bonchev–Trinajstić information content (AvgIpc) is 2.69. The molecule has 84 valence electrons. The number of sulfonamides is 1. The number of hydrogen-bond donors (Lipinski definition) is 1. The van der Waals surface area contributed by atoms with Crippen LogP contribution in [0.4, 0.5) is 5.95 Å². The van der Waals surface area contributed by atoms with Gasteiger partial charge in [0.2, 0.25) is 5.95 Å². The first-order chi connectivity index (χ1) is 7.58. The highest BCUT2D eigenvalue weighted by molar-refractivity contribution is 7.94. The topological polar surface area (TPSA) is 72.0 Å². The summed E-state index contributed by atoms with van der Waals surface area (Å²) >= 11 is 1.15. The summed E-state index contributed by atoms with van der Waals surface area (Å²) in [5, 5.41) is 1.70. The van der Waals surface area contributed by atoms with E-state index in [0.717, 1.165) is 11.3 Å². The van der Waals surface area contributed by atoms with Gasteiger partial charge in [-0.05, 0) is 24.4 Å². The van der Waals surface area contributed by atoms with Crippen LogP contribution in [0.5, 0.6) is 0 Å². The maximum atomic E-state index is 11.8. The van der Waals surface area contributed by atoms with Gasteiger partial charge in [-0.15, -0.1) is 11.3 Å². The molecule has 2 aromatic heterocycles. The molecule has 0 atom stereocenters. The third kappa shape index (κ3) is 2.37. The summed E-state index contributed by atoms with van der Waals surface area (Å²) in [6, 6.07) is 4.90. The SMILES string of the molecule is Cc1ccnc(NS(=O)(=O)c2cccs2)n1. The summed E-state index contributed by atoms with van der Waals surface area (Å²) < 4.78 is 26.2. The highest BCUT2D eigenvalue weighted by Crippen LogP contribution is 2.18. The van der Waals surface area contributed by atoms with Crippen molar-refractivity contribution in [3.05, 3.63) is 35.5 Å². The van der Waals surface area contributed by atoms with Gasteiger partial charge in [0.05, 0.1) is 0 Å². The second-order valence-corrected chi connectivity index (χ2v) is 5.92. The lowest BCUT2D eigenvalue weighted by molar-refractivity contribution is 0.602. The predicted octanol–water partition coefficient (Wildman–Crippen LogP) is 1.65. The first kappa shape index (κ1) is 11.0. The van der Waals surface area contributed by atoms with Gasteiger partial charge in [-0.3, -0.25) is 0 Å². The number of thiophene rings is 1. The lowest BCUT2D eigenvalue weighted by Crippen LogP contribution is -2.13. The van der Waals surface area contributed by atoms with E-state index in [1.165, 1.54) is 12.3 Å². The zero-order valence-corrected chi connectivity index (χ0v) is 10.0. The molecule has 0 saturated carbocycles. The van der Waals surface area contributed by atoms with Gasteiger partial charge in [0, 0.05) is 11.9 Å². The number of anilines is 1. The van der Waals surface area contributed by atoms with Gasteiger partial charge < -0.3 is 0 Å². The van der Waals surface area contributed by atoms with E-state index < -0.39 is 10.0 Å². The zero-order chi connectivity index (χ0) is 11.6. The van der Waals surface area contributed by atoms with Gasteiger partial charge in [-0.1, -0.05) is 6.07 Å². The minimum atomic E-state index is -3.54. The summed E-state index contributed by atoms with van der Waals surface area (Å²) in [6.45, 7) is 1.77. The van der Waals surface area contributed by atoms with Crippen molar-refractivity contribution < 1.29 is 8.42 Å². The normalized spacial score (nSPS) is 11.3. The number of aromatic nitrogens is 2. The van der Waals surface area contributed by atoms with E-state index >= 15 is 0 Å². The molecule has 0 aliphatic carbocycles. The molecule has 0 spiro atoms. The van der Waals surface area contributed by atoms with Crippen molar-refractivity contribution >= 4 is 27.3 Å². The third-order valence-electron chi connectivity index (χ3n) is 1.78. The average molecular weight is 255 g/mol. The molecule has 2 heterocycles. The van der Waals surface area contributed by atoms with Gasteiger partial charge in [0.15, 0.2) is 0 Å². The minimum Gasteiger partial charge on any atom is -0.247 e. The van der Waals surface area contributed by atoms with Crippen LogP contribution < -0.4 is 4.72 Å². The molecule has 0 aliphatic rings. The van der Waals surface area contributed by atoms with Crippen LogP contribution in [0, 0.1) is 6.92 Å².